The first kappa shape index (κ1) is 15.7. The smallest absolute Gasteiger partial charge is 0.280 e. The Labute approximate surface area is 133 Å². The number of rotatable bonds is 2. The molecule has 1 saturated carbocycles. The van der Waals surface area contributed by atoms with E-state index in [9.17, 15) is 14.7 Å². The molecule has 3 rings (SSSR count). The SMILES string of the molecule is O=C(N[C@H]1CCCCCC[C@@H]1O)c1nc2ccccc2[nH]c1=O. The summed E-state index contributed by atoms with van der Waals surface area (Å²) in [5.74, 6) is -0.526. The zero-order chi connectivity index (χ0) is 16.2. The van der Waals surface area contributed by atoms with Crippen molar-refractivity contribution >= 4 is 16.9 Å². The molecule has 2 atom stereocenters. The molecule has 1 aromatic carbocycles. The third-order valence-corrected chi connectivity index (χ3v) is 4.36. The van der Waals surface area contributed by atoms with Crippen LogP contribution in [0.1, 0.15) is 49.0 Å². The summed E-state index contributed by atoms with van der Waals surface area (Å²) in [4.78, 5) is 31.3. The highest BCUT2D eigenvalue weighted by Gasteiger charge is 2.24. The number of aromatic amines is 1. The third kappa shape index (κ3) is 3.59. The number of aromatic nitrogens is 2. The minimum atomic E-state index is -0.571. The molecule has 0 saturated heterocycles. The first-order valence-corrected chi connectivity index (χ1v) is 8.13. The maximum absolute atomic E-state index is 12.4. The number of hydrogen-bond acceptors (Lipinski definition) is 4. The normalized spacial score (nSPS) is 22.3. The summed E-state index contributed by atoms with van der Waals surface area (Å²) in [6, 6.07) is 6.75. The van der Waals surface area contributed by atoms with Crippen molar-refractivity contribution in [2.45, 2.75) is 50.7 Å². The molecule has 1 heterocycles. The minimum absolute atomic E-state index is 0.155. The van der Waals surface area contributed by atoms with Crippen LogP contribution in [0.4, 0.5) is 0 Å². The van der Waals surface area contributed by atoms with E-state index in [0.29, 0.717) is 17.5 Å². The predicted molar refractivity (Wildman–Crippen MR) is 87.3 cm³/mol. The molecule has 6 nitrogen and oxygen atoms in total. The summed E-state index contributed by atoms with van der Waals surface area (Å²) in [5, 5.41) is 13.0. The topological polar surface area (TPSA) is 95.1 Å². The van der Waals surface area contributed by atoms with Gasteiger partial charge in [-0.2, -0.15) is 0 Å². The second-order valence-electron chi connectivity index (χ2n) is 6.07. The molecule has 122 valence electrons. The van der Waals surface area contributed by atoms with Gasteiger partial charge in [-0.1, -0.05) is 37.8 Å². The number of H-pyrrole nitrogens is 1. The van der Waals surface area contributed by atoms with Gasteiger partial charge in [0.15, 0.2) is 5.69 Å². The maximum atomic E-state index is 12.4. The lowest BCUT2D eigenvalue weighted by molar-refractivity contribution is 0.0766. The molecule has 3 N–H and O–H groups in total. The Morgan fingerprint density at radius 2 is 1.91 bits per heavy atom. The van der Waals surface area contributed by atoms with Crippen molar-refractivity contribution in [2.75, 3.05) is 0 Å². The highest BCUT2D eigenvalue weighted by Crippen LogP contribution is 2.18. The number of nitrogens with zero attached hydrogens (tertiary/aromatic N) is 1. The molecular weight excluding hydrogens is 294 g/mol. The van der Waals surface area contributed by atoms with E-state index < -0.39 is 17.6 Å². The molecule has 1 amide bonds. The van der Waals surface area contributed by atoms with Gasteiger partial charge < -0.3 is 15.4 Å². The van der Waals surface area contributed by atoms with Gasteiger partial charge in [-0.15, -0.1) is 0 Å². The number of nitrogens with one attached hydrogen (secondary N) is 2. The van der Waals surface area contributed by atoms with Crippen molar-refractivity contribution < 1.29 is 9.90 Å². The van der Waals surface area contributed by atoms with Crippen LogP contribution in [0, 0.1) is 0 Å². The summed E-state index contributed by atoms with van der Waals surface area (Å²) >= 11 is 0. The third-order valence-electron chi connectivity index (χ3n) is 4.36. The van der Waals surface area contributed by atoms with Crippen LogP contribution < -0.4 is 10.9 Å². The number of benzene rings is 1. The van der Waals surface area contributed by atoms with E-state index in [0.717, 1.165) is 32.1 Å². The lowest BCUT2D eigenvalue weighted by Gasteiger charge is -2.26. The lowest BCUT2D eigenvalue weighted by atomic mass is 9.94. The zero-order valence-electron chi connectivity index (χ0n) is 12.9. The second-order valence-corrected chi connectivity index (χ2v) is 6.07. The van der Waals surface area contributed by atoms with E-state index in [2.05, 4.69) is 15.3 Å². The first-order chi connectivity index (χ1) is 11.1. The van der Waals surface area contributed by atoms with Crippen molar-refractivity contribution in [1.82, 2.24) is 15.3 Å². The summed E-state index contributed by atoms with van der Waals surface area (Å²) in [5.41, 5.74) is 0.495. The number of fused-ring (bicyclic) bond motifs is 1. The average molecular weight is 315 g/mol. The number of para-hydroxylation sites is 2. The van der Waals surface area contributed by atoms with Crippen LogP contribution >= 0.6 is 0 Å². The molecule has 0 radical (unpaired) electrons. The van der Waals surface area contributed by atoms with Gasteiger partial charge in [-0.05, 0) is 25.0 Å². The molecular formula is C17H21N3O3. The molecule has 23 heavy (non-hydrogen) atoms. The Hall–Kier alpha value is -2.21. The standard InChI is InChI=1S/C17H21N3O3/c21-14-10-4-2-1-3-9-13(14)20-17(23)15-16(22)19-12-8-6-5-7-11(12)18-15/h5-8,13-14,21H,1-4,9-10H2,(H,19,22)(H,20,23)/t13-,14-/m0/s1. The average Bonchev–Trinajstić information content (AvgIpc) is 2.53. The van der Waals surface area contributed by atoms with Gasteiger partial charge in [0.25, 0.3) is 11.5 Å². The van der Waals surface area contributed by atoms with Gasteiger partial charge in [0.2, 0.25) is 0 Å². The Morgan fingerprint density at radius 1 is 1.17 bits per heavy atom. The van der Waals surface area contributed by atoms with Gasteiger partial charge >= 0.3 is 0 Å². The van der Waals surface area contributed by atoms with Crippen LogP contribution in [0.2, 0.25) is 0 Å². The first-order valence-electron chi connectivity index (χ1n) is 8.13. The Bertz CT molecular complexity index is 756. The lowest BCUT2D eigenvalue weighted by Crippen LogP contribution is -2.45. The number of carbonyl (C=O) groups is 1. The summed E-state index contributed by atoms with van der Waals surface area (Å²) in [6.07, 6.45) is 4.97. The van der Waals surface area contributed by atoms with Crippen molar-refractivity contribution in [1.29, 1.82) is 0 Å². The molecule has 0 aliphatic heterocycles. The van der Waals surface area contributed by atoms with E-state index in [1.165, 1.54) is 0 Å². The van der Waals surface area contributed by atoms with Crippen LogP contribution in [-0.4, -0.2) is 33.1 Å². The monoisotopic (exact) mass is 315 g/mol. The summed E-state index contributed by atoms with van der Waals surface area (Å²) in [6.45, 7) is 0. The highest BCUT2D eigenvalue weighted by molar-refractivity contribution is 5.93. The molecule has 0 bridgehead atoms. The molecule has 6 heteroatoms. The number of hydrogen-bond donors (Lipinski definition) is 3. The maximum Gasteiger partial charge on any atom is 0.280 e. The quantitative estimate of drug-likeness (QED) is 0.786. The van der Waals surface area contributed by atoms with Crippen molar-refractivity contribution in [2.24, 2.45) is 0 Å². The molecule has 1 aliphatic rings. The van der Waals surface area contributed by atoms with E-state index in [-0.39, 0.29) is 11.7 Å². The number of amides is 1. The molecule has 0 unspecified atom stereocenters. The summed E-state index contributed by atoms with van der Waals surface area (Å²) in [7, 11) is 0. The fourth-order valence-electron chi connectivity index (χ4n) is 3.05. The predicted octanol–water partition coefficient (Wildman–Crippen LogP) is 1.74. The summed E-state index contributed by atoms with van der Waals surface area (Å²) < 4.78 is 0. The van der Waals surface area contributed by atoms with Crippen LogP contribution in [0.15, 0.2) is 29.1 Å². The number of aliphatic hydroxyl groups excluding tert-OH is 1. The molecule has 1 aromatic heterocycles. The van der Waals surface area contributed by atoms with Crippen LogP contribution in [-0.2, 0) is 0 Å². The fourth-order valence-corrected chi connectivity index (χ4v) is 3.05. The van der Waals surface area contributed by atoms with Crippen LogP contribution in [0.25, 0.3) is 11.0 Å². The van der Waals surface area contributed by atoms with Gasteiger partial charge in [0.1, 0.15) is 0 Å². The second kappa shape index (κ2) is 6.91. The Kier molecular flexibility index (Phi) is 4.71. The van der Waals surface area contributed by atoms with E-state index >= 15 is 0 Å². The molecule has 1 aliphatic carbocycles. The van der Waals surface area contributed by atoms with Crippen LogP contribution in [0.3, 0.4) is 0 Å². The zero-order valence-corrected chi connectivity index (χ0v) is 12.9. The van der Waals surface area contributed by atoms with E-state index in [1.807, 2.05) is 0 Å². The highest BCUT2D eigenvalue weighted by atomic mass is 16.3. The van der Waals surface area contributed by atoms with Gasteiger partial charge in [-0.3, -0.25) is 9.59 Å². The van der Waals surface area contributed by atoms with E-state index in [1.54, 1.807) is 24.3 Å². The van der Waals surface area contributed by atoms with Crippen molar-refractivity contribution in [3.63, 3.8) is 0 Å². The van der Waals surface area contributed by atoms with Crippen LogP contribution in [0.5, 0.6) is 0 Å². The van der Waals surface area contributed by atoms with Gasteiger partial charge in [0.05, 0.1) is 23.2 Å². The Morgan fingerprint density at radius 3 is 2.74 bits per heavy atom. The van der Waals surface area contributed by atoms with Crippen molar-refractivity contribution in [3.05, 3.63) is 40.3 Å². The van der Waals surface area contributed by atoms with E-state index in [4.69, 9.17) is 0 Å². The number of aliphatic hydroxyl groups is 1. The minimum Gasteiger partial charge on any atom is -0.391 e. The van der Waals surface area contributed by atoms with Crippen molar-refractivity contribution in [3.8, 4) is 0 Å². The molecule has 0 spiro atoms. The fraction of sp³-hybridized carbons (Fsp3) is 0.471. The number of carbonyl (C=O) groups excluding carboxylic acids is 1. The van der Waals surface area contributed by atoms with Gasteiger partial charge in [-0.25, -0.2) is 4.98 Å². The Balaban J connectivity index is 1.82. The largest absolute Gasteiger partial charge is 0.391 e. The molecule has 2 aromatic rings. The molecule has 1 fully saturated rings. The van der Waals surface area contributed by atoms with Gasteiger partial charge in [0, 0.05) is 0 Å².